The quantitative estimate of drug-likeness (QED) is 0.689. The third kappa shape index (κ3) is 4.77. The number of carbonyl (C=O) groups is 2. The van der Waals surface area contributed by atoms with Crippen molar-refractivity contribution in [2.45, 2.75) is 88.8 Å². The topological polar surface area (TPSA) is 95.7 Å². The number of nitrogens with one attached hydrogen (secondary N) is 1. The van der Waals surface area contributed by atoms with Crippen molar-refractivity contribution in [1.82, 2.24) is 10.2 Å². The summed E-state index contributed by atoms with van der Waals surface area (Å²) in [5.41, 5.74) is 5.94. The van der Waals surface area contributed by atoms with Gasteiger partial charge in [-0.05, 0) is 63.2 Å². The fraction of sp³-hybridized carbons (Fsp3) is 0.900. The van der Waals surface area contributed by atoms with Crippen LogP contribution in [0.3, 0.4) is 0 Å². The van der Waals surface area contributed by atoms with Crippen molar-refractivity contribution in [3.8, 4) is 0 Å². The summed E-state index contributed by atoms with van der Waals surface area (Å²) in [6, 6.07) is -0.0993. The van der Waals surface area contributed by atoms with E-state index < -0.39 is 12.1 Å². The van der Waals surface area contributed by atoms with Gasteiger partial charge in [-0.25, -0.2) is 0 Å². The van der Waals surface area contributed by atoms with E-state index in [1.165, 1.54) is 6.42 Å². The SMILES string of the molecule is NC1CCC(CNC(=O)[C@@H]2CCCN2C(=O)[C@H](O)C2CCCCC2)CC1. The third-order valence-corrected chi connectivity index (χ3v) is 6.64. The van der Waals surface area contributed by atoms with Crippen LogP contribution in [0.2, 0.25) is 0 Å². The van der Waals surface area contributed by atoms with Crippen molar-refractivity contribution in [3.05, 3.63) is 0 Å². The molecule has 0 spiro atoms. The minimum atomic E-state index is -0.941. The molecule has 0 aromatic heterocycles. The Labute approximate surface area is 156 Å². The number of amides is 2. The molecule has 1 heterocycles. The lowest BCUT2D eigenvalue weighted by Crippen LogP contribution is -2.51. The van der Waals surface area contributed by atoms with Crippen molar-refractivity contribution in [3.63, 3.8) is 0 Å². The summed E-state index contributed by atoms with van der Waals surface area (Å²) in [5.74, 6) is 0.267. The molecule has 148 valence electrons. The molecule has 26 heavy (non-hydrogen) atoms. The van der Waals surface area contributed by atoms with E-state index in [4.69, 9.17) is 5.73 Å². The second-order valence-corrected chi connectivity index (χ2v) is 8.56. The highest BCUT2D eigenvalue weighted by molar-refractivity contribution is 5.90. The van der Waals surface area contributed by atoms with Gasteiger partial charge in [-0.3, -0.25) is 9.59 Å². The van der Waals surface area contributed by atoms with E-state index in [1.807, 2.05) is 0 Å². The first-order valence-corrected chi connectivity index (χ1v) is 10.6. The number of aliphatic hydroxyl groups excluding tert-OH is 1. The van der Waals surface area contributed by atoms with E-state index in [9.17, 15) is 14.7 Å². The summed E-state index contributed by atoms with van der Waals surface area (Å²) in [6.07, 6.45) is 9.98. The zero-order valence-electron chi connectivity index (χ0n) is 15.9. The molecule has 0 unspecified atom stereocenters. The summed E-state index contributed by atoms with van der Waals surface area (Å²) in [7, 11) is 0. The van der Waals surface area contributed by atoms with Crippen LogP contribution < -0.4 is 11.1 Å². The lowest BCUT2D eigenvalue weighted by Gasteiger charge is -2.32. The van der Waals surface area contributed by atoms with Crippen LogP contribution in [0.25, 0.3) is 0 Å². The Morgan fingerprint density at radius 2 is 1.69 bits per heavy atom. The van der Waals surface area contributed by atoms with Crippen LogP contribution in [0.5, 0.6) is 0 Å². The number of hydrogen-bond donors (Lipinski definition) is 3. The Balaban J connectivity index is 1.50. The lowest BCUT2D eigenvalue weighted by molar-refractivity contribution is -0.148. The highest BCUT2D eigenvalue weighted by atomic mass is 16.3. The Hall–Kier alpha value is -1.14. The van der Waals surface area contributed by atoms with Crippen LogP contribution in [0.15, 0.2) is 0 Å². The first-order chi connectivity index (χ1) is 12.6. The van der Waals surface area contributed by atoms with Gasteiger partial charge in [-0.15, -0.1) is 0 Å². The number of carbonyl (C=O) groups excluding carboxylic acids is 2. The van der Waals surface area contributed by atoms with Gasteiger partial charge in [-0.1, -0.05) is 19.3 Å². The molecule has 3 rings (SSSR count). The third-order valence-electron chi connectivity index (χ3n) is 6.64. The average molecular weight is 366 g/mol. The molecule has 0 radical (unpaired) electrons. The van der Waals surface area contributed by atoms with Gasteiger partial charge in [0.25, 0.3) is 5.91 Å². The average Bonchev–Trinajstić information content (AvgIpc) is 3.16. The molecule has 4 N–H and O–H groups in total. The second kappa shape index (κ2) is 9.18. The molecule has 0 aromatic carbocycles. The molecule has 2 aliphatic carbocycles. The van der Waals surface area contributed by atoms with Gasteiger partial charge in [0.2, 0.25) is 5.91 Å². The maximum absolute atomic E-state index is 12.8. The van der Waals surface area contributed by atoms with Crippen molar-refractivity contribution in [1.29, 1.82) is 0 Å². The van der Waals surface area contributed by atoms with E-state index in [-0.39, 0.29) is 17.7 Å². The summed E-state index contributed by atoms with van der Waals surface area (Å²) in [5, 5.41) is 13.6. The Morgan fingerprint density at radius 3 is 2.38 bits per heavy atom. The minimum Gasteiger partial charge on any atom is -0.383 e. The summed E-state index contributed by atoms with van der Waals surface area (Å²) in [6.45, 7) is 1.26. The van der Waals surface area contributed by atoms with Crippen LogP contribution in [0.4, 0.5) is 0 Å². The van der Waals surface area contributed by atoms with Crippen molar-refractivity contribution in [2.24, 2.45) is 17.6 Å². The Bertz CT molecular complexity index is 485. The summed E-state index contributed by atoms with van der Waals surface area (Å²) < 4.78 is 0. The Kier molecular flexibility index (Phi) is 6.92. The zero-order chi connectivity index (χ0) is 18.5. The molecule has 2 atom stereocenters. The fourth-order valence-corrected chi connectivity index (χ4v) is 4.88. The van der Waals surface area contributed by atoms with Crippen molar-refractivity contribution in [2.75, 3.05) is 13.1 Å². The van der Waals surface area contributed by atoms with Gasteiger partial charge >= 0.3 is 0 Å². The van der Waals surface area contributed by atoms with Crippen LogP contribution in [0.1, 0.15) is 70.6 Å². The standard InChI is InChI=1S/C20H35N3O3/c21-16-10-8-14(9-11-16)13-22-19(25)17-7-4-12-23(17)20(26)18(24)15-5-2-1-3-6-15/h14-18,24H,1-13,21H2,(H,22,25)/t14?,16?,17-,18+/m0/s1. The van der Waals surface area contributed by atoms with E-state index in [2.05, 4.69) is 5.32 Å². The molecule has 6 nitrogen and oxygen atoms in total. The monoisotopic (exact) mass is 365 g/mol. The van der Waals surface area contributed by atoms with Crippen molar-refractivity contribution < 1.29 is 14.7 Å². The Morgan fingerprint density at radius 1 is 1.00 bits per heavy atom. The molecule has 3 fully saturated rings. The van der Waals surface area contributed by atoms with Crippen LogP contribution in [-0.2, 0) is 9.59 Å². The largest absolute Gasteiger partial charge is 0.383 e. The first kappa shape index (κ1) is 19.6. The number of nitrogens with zero attached hydrogens (tertiary/aromatic N) is 1. The van der Waals surface area contributed by atoms with E-state index in [1.54, 1.807) is 4.90 Å². The normalized spacial score (nSPS) is 31.6. The minimum absolute atomic E-state index is 0.0541. The molecule has 3 aliphatic rings. The highest BCUT2D eigenvalue weighted by Crippen LogP contribution is 2.29. The molecule has 1 aliphatic heterocycles. The van der Waals surface area contributed by atoms with Crippen LogP contribution >= 0.6 is 0 Å². The molecule has 0 bridgehead atoms. The van der Waals surface area contributed by atoms with Crippen LogP contribution in [0, 0.1) is 11.8 Å². The molecule has 0 aromatic rings. The van der Waals surface area contributed by atoms with Crippen LogP contribution in [-0.4, -0.2) is 53.1 Å². The molecular weight excluding hydrogens is 330 g/mol. The second-order valence-electron chi connectivity index (χ2n) is 8.56. The molecule has 1 saturated heterocycles. The zero-order valence-corrected chi connectivity index (χ0v) is 15.9. The number of nitrogens with two attached hydrogens (primary N) is 1. The van der Waals surface area contributed by atoms with Crippen molar-refractivity contribution >= 4 is 11.8 Å². The fourth-order valence-electron chi connectivity index (χ4n) is 4.88. The van der Waals surface area contributed by atoms with E-state index in [0.717, 1.165) is 57.8 Å². The van der Waals surface area contributed by atoms with Gasteiger partial charge in [0.15, 0.2) is 0 Å². The van der Waals surface area contributed by atoms with Gasteiger partial charge in [0, 0.05) is 19.1 Å². The molecule has 2 saturated carbocycles. The van der Waals surface area contributed by atoms with E-state index in [0.29, 0.717) is 31.5 Å². The lowest BCUT2D eigenvalue weighted by atomic mass is 9.84. The number of likely N-dealkylation sites (tertiary alicyclic amines) is 1. The molecule has 6 heteroatoms. The number of hydrogen-bond acceptors (Lipinski definition) is 4. The molecular formula is C20H35N3O3. The van der Waals surface area contributed by atoms with Gasteiger partial charge in [0.1, 0.15) is 12.1 Å². The summed E-state index contributed by atoms with van der Waals surface area (Å²) in [4.78, 5) is 27.1. The molecule has 2 amide bonds. The predicted molar refractivity (Wildman–Crippen MR) is 100 cm³/mol. The number of rotatable bonds is 5. The smallest absolute Gasteiger partial charge is 0.252 e. The van der Waals surface area contributed by atoms with E-state index >= 15 is 0 Å². The van der Waals surface area contributed by atoms with Gasteiger partial charge < -0.3 is 21.1 Å². The maximum Gasteiger partial charge on any atom is 0.252 e. The van der Waals surface area contributed by atoms with Gasteiger partial charge in [0.05, 0.1) is 0 Å². The number of aliphatic hydroxyl groups is 1. The summed E-state index contributed by atoms with van der Waals surface area (Å²) >= 11 is 0. The van der Waals surface area contributed by atoms with Gasteiger partial charge in [-0.2, -0.15) is 0 Å². The highest BCUT2D eigenvalue weighted by Gasteiger charge is 2.39. The maximum atomic E-state index is 12.8. The first-order valence-electron chi connectivity index (χ1n) is 10.6. The predicted octanol–water partition coefficient (Wildman–Crippen LogP) is 1.55.